The Bertz CT molecular complexity index is 643. The minimum absolute atomic E-state index is 0.0454. The van der Waals surface area contributed by atoms with E-state index in [-0.39, 0.29) is 16.8 Å². The van der Waals surface area contributed by atoms with Gasteiger partial charge in [0.15, 0.2) is 5.17 Å². The molecule has 1 aliphatic rings. The van der Waals surface area contributed by atoms with Crippen LogP contribution in [0.15, 0.2) is 23.2 Å². The van der Waals surface area contributed by atoms with E-state index in [0.717, 1.165) is 5.56 Å². The Balaban J connectivity index is 2.34. The van der Waals surface area contributed by atoms with Crippen molar-refractivity contribution >= 4 is 34.2 Å². The molecule has 0 aliphatic carbocycles. The van der Waals surface area contributed by atoms with Gasteiger partial charge in [0.1, 0.15) is 0 Å². The lowest BCUT2D eigenvalue weighted by molar-refractivity contribution is -0.384. The summed E-state index contributed by atoms with van der Waals surface area (Å²) < 4.78 is 0. The van der Waals surface area contributed by atoms with Gasteiger partial charge in [-0.2, -0.15) is 0 Å². The third-order valence-electron chi connectivity index (χ3n) is 3.28. The fourth-order valence-corrected chi connectivity index (χ4v) is 3.17. The van der Waals surface area contributed by atoms with Gasteiger partial charge in [-0.3, -0.25) is 19.8 Å². The smallest absolute Gasteiger partial charge is 0.269 e. The first kappa shape index (κ1) is 16.5. The molecular weight excluding hydrogens is 302 g/mol. The Hall–Kier alpha value is -1.89. The summed E-state index contributed by atoms with van der Waals surface area (Å²) in [5.41, 5.74) is 1.42. The van der Waals surface area contributed by atoms with E-state index in [1.807, 2.05) is 6.92 Å². The molecule has 118 valence electrons. The minimum atomic E-state index is -0.426. The molecule has 0 spiro atoms. The zero-order valence-electron chi connectivity index (χ0n) is 13.1. The average molecular weight is 321 g/mol. The van der Waals surface area contributed by atoms with Crippen molar-refractivity contribution in [2.75, 3.05) is 6.54 Å². The molecule has 1 unspecified atom stereocenters. The number of nitro benzene ring substituents is 1. The standard InChI is InChI=1S/C15H19N3O3S/c1-9(2)8-17-14(19)11(4)22-15(17)16-13-6-5-12(18(20)21)7-10(13)3/h5-7,9,11H,8H2,1-4H3. The minimum Gasteiger partial charge on any atom is -0.290 e. The van der Waals surface area contributed by atoms with E-state index in [9.17, 15) is 14.9 Å². The van der Waals surface area contributed by atoms with Crippen molar-refractivity contribution in [3.63, 3.8) is 0 Å². The van der Waals surface area contributed by atoms with E-state index in [1.54, 1.807) is 17.9 Å². The lowest BCUT2D eigenvalue weighted by atomic mass is 10.2. The Morgan fingerprint density at radius 1 is 1.45 bits per heavy atom. The van der Waals surface area contributed by atoms with Gasteiger partial charge < -0.3 is 0 Å². The average Bonchev–Trinajstić information content (AvgIpc) is 2.68. The van der Waals surface area contributed by atoms with Crippen LogP contribution in [-0.2, 0) is 4.79 Å². The van der Waals surface area contributed by atoms with Crippen LogP contribution in [0, 0.1) is 23.0 Å². The van der Waals surface area contributed by atoms with E-state index >= 15 is 0 Å². The predicted octanol–water partition coefficient (Wildman–Crippen LogP) is 3.51. The highest BCUT2D eigenvalue weighted by Gasteiger charge is 2.35. The molecule has 1 aromatic carbocycles. The molecule has 1 saturated heterocycles. The molecule has 1 aliphatic heterocycles. The molecule has 1 aromatic rings. The maximum absolute atomic E-state index is 12.2. The number of carbonyl (C=O) groups is 1. The lowest BCUT2D eigenvalue weighted by Gasteiger charge is -2.18. The summed E-state index contributed by atoms with van der Waals surface area (Å²) in [5, 5.41) is 11.3. The molecule has 0 bridgehead atoms. The van der Waals surface area contributed by atoms with E-state index in [4.69, 9.17) is 0 Å². The van der Waals surface area contributed by atoms with Crippen LogP contribution in [-0.4, -0.2) is 32.7 Å². The van der Waals surface area contributed by atoms with Crippen molar-refractivity contribution in [3.05, 3.63) is 33.9 Å². The number of nitrogens with zero attached hydrogens (tertiary/aromatic N) is 3. The Morgan fingerprint density at radius 3 is 2.68 bits per heavy atom. The van der Waals surface area contributed by atoms with Gasteiger partial charge in [-0.1, -0.05) is 25.6 Å². The largest absolute Gasteiger partial charge is 0.290 e. The lowest BCUT2D eigenvalue weighted by Crippen LogP contribution is -2.34. The number of rotatable bonds is 4. The van der Waals surface area contributed by atoms with Gasteiger partial charge in [-0.15, -0.1) is 0 Å². The van der Waals surface area contributed by atoms with Crippen LogP contribution in [0.3, 0.4) is 0 Å². The van der Waals surface area contributed by atoms with Crippen LogP contribution in [0.2, 0.25) is 0 Å². The van der Waals surface area contributed by atoms with Crippen LogP contribution < -0.4 is 0 Å². The van der Waals surface area contributed by atoms with Crippen LogP contribution >= 0.6 is 11.8 Å². The molecular formula is C15H19N3O3S. The van der Waals surface area contributed by atoms with Crippen molar-refractivity contribution < 1.29 is 9.72 Å². The van der Waals surface area contributed by atoms with E-state index < -0.39 is 4.92 Å². The van der Waals surface area contributed by atoms with Crippen LogP contribution in [0.4, 0.5) is 11.4 Å². The number of nitro groups is 1. The Labute approximate surface area is 133 Å². The van der Waals surface area contributed by atoms with Gasteiger partial charge in [-0.25, -0.2) is 4.99 Å². The second kappa shape index (κ2) is 6.48. The molecule has 0 saturated carbocycles. The number of aryl methyl sites for hydroxylation is 1. The maximum Gasteiger partial charge on any atom is 0.269 e. The van der Waals surface area contributed by atoms with Gasteiger partial charge >= 0.3 is 0 Å². The van der Waals surface area contributed by atoms with Crippen LogP contribution in [0.1, 0.15) is 26.3 Å². The molecule has 7 heteroatoms. The van der Waals surface area contributed by atoms with Crippen molar-refractivity contribution in [1.29, 1.82) is 0 Å². The number of non-ortho nitro benzene ring substituents is 1. The number of amidine groups is 1. The fraction of sp³-hybridized carbons (Fsp3) is 0.467. The second-order valence-corrected chi connectivity index (χ2v) is 7.03. The number of hydrogen-bond donors (Lipinski definition) is 0. The van der Waals surface area contributed by atoms with Gasteiger partial charge in [0.2, 0.25) is 5.91 Å². The summed E-state index contributed by atoms with van der Waals surface area (Å²) in [6, 6.07) is 4.56. The van der Waals surface area contributed by atoms with Gasteiger partial charge in [-0.05, 0) is 31.4 Å². The monoisotopic (exact) mass is 321 g/mol. The van der Waals surface area contributed by atoms with E-state index in [1.165, 1.54) is 23.9 Å². The summed E-state index contributed by atoms with van der Waals surface area (Å²) in [6.07, 6.45) is 0. The first-order valence-electron chi connectivity index (χ1n) is 7.11. The van der Waals surface area contributed by atoms with Crippen LogP contribution in [0.25, 0.3) is 0 Å². The molecule has 2 rings (SSSR count). The number of carbonyl (C=O) groups excluding carboxylic acids is 1. The summed E-state index contributed by atoms with van der Waals surface area (Å²) in [5.74, 6) is 0.412. The van der Waals surface area contributed by atoms with Gasteiger partial charge in [0.05, 0.1) is 15.9 Å². The topological polar surface area (TPSA) is 75.8 Å². The van der Waals surface area contributed by atoms with Crippen molar-refractivity contribution in [3.8, 4) is 0 Å². The van der Waals surface area contributed by atoms with Crippen molar-refractivity contribution in [2.45, 2.75) is 32.9 Å². The quantitative estimate of drug-likeness (QED) is 0.628. The molecule has 0 radical (unpaired) electrons. The first-order valence-corrected chi connectivity index (χ1v) is 7.99. The SMILES string of the molecule is Cc1cc([N+](=O)[O-])ccc1N=C1SC(C)C(=O)N1CC(C)C. The highest BCUT2D eigenvalue weighted by molar-refractivity contribution is 8.15. The molecule has 22 heavy (non-hydrogen) atoms. The second-order valence-electron chi connectivity index (χ2n) is 5.73. The molecule has 1 atom stereocenters. The van der Waals surface area contributed by atoms with Crippen molar-refractivity contribution in [2.24, 2.45) is 10.9 Å². The number of amides is 1. The Morgan fingerprint density at radius 2 is 2.14 bits per heavy atom. The molecule has 1 fully saturated rings. The van der Waals surface area contributed by atoms with E-state index in [0.29, 0.717) is 23.3 Å². The van der Waals surface area contributed by atoms with Gasteiger partial charge in [0, 0.05) is 18.7 Å². The zero-order chi connectivity index (χ0) is 16.4. The number of hydrogen-bond acceptors (Lipinski definition) is 5. The highest BCUT2D eigenvalue weighted by Crippen LogP contribution is 2.31. The third-order valence-corrected chi connectivity index (χ3v) is 4.36. The Kier molecular flexibility index (Phi) is 4.85. The first-order chi connectivity index (χ1) is 10.3. The fourth-order valence-electron chi connectivity index (χ4n) is 2.19. The number of aliphatic imine (C=N–C) groups is 1. The molecule has 1 amide bonds. The summed E-state index contributed by atoms with van der Waals surface area (Å²) in [4.78, 5) is 28.8. The highest BCUT2D eigenvalue weighted by atomic mass is 32.2. The molecule has 0 aromatic heterocycles. The zero-order valence-corrected chi connectivity index (χ0v) is 13.9. The number of benzene rings is 1. The van der Waals surface area contributed by atoms with Gasteiger partial charge in [0.25, 0.3) is 5.69 Å². The third kappa shape index (κ3) is 3.47. The van der Waals surface area contributed by atoms with E-state index in [2.05, 4.69) is 18.8 Å². The van der Waals surface area contributed by atoms with Crippen LogP contribution in [0.5, 0.6) is 0 Å². The molecule has 1 heterocycles. The normalized spacial score (nSPS) is 20.2. The van der Waals surface area contributed by atoms with Crippen molar-refractivity contribution in [1.82, 2.24) is 4.90 Å². The molecule has 6 nitrogen and oxygen atoms in total. The summed E-state index contributed by atoms with van der Waals surface area (Å²) >= 11 is 1.43. The summed E-state index contributed by atoms with van der Waals surface area (Å²) in [7, 11) is 0. The maximum atomic E-state index is 12.2. The molecule has 0 N–H and O–H groups in total. The number of thioether (sulfide) groups is 1. The predicted molar refractivity (Wildman–Crippen MR) is 88.5 cm³/mol. The summed E-state index contributed by atoms with van der Waals surface area (Å²) in [6.45, 7) is 8.38.